The first kappa shape index (κ1) is 17.9. The fraction of sp³-hybridized carbons (Fsp3) is 0.611. The predicted octanol–water partition coefficient (Wildman–Crippen LogP) is 1.99. The molecule has 0 aromatic carbocycles. The predicted molar refractivity (Wildman–Crippen MR) is 97.6 cm³/mol. The molecular weight excluding hydrogens is 336 g/mol. The van der Waals surface area contributed by atoms with E-state index in [-0.39, 0.29) is 11.8 Å². The number of anilines is 1. The molecule has 0 atom stereocenters. The van der Waals surface area contributed by atoms with Gasteiger partial charge in [-0.2, -0.15) is 5.26 Å². The molecule has 0 saturated carbocycles. The summed E-state index contributed by atoms with van der Waals surface area (Å²) in [5.74, 6) is 0.0761. The van der Waals surface area contributed by atoms with Crippen LogP contribution in [0.5, 0.6) is 0 Å². The van der Waals surface area contributed by atoms with Gasteiger partial charge in [0.15, 0.2) is 0 Å². The summed E-state index contributed by atoms with van der Waals surface area (Å²) in [6.45, 7) is 5.36. The van der Waals surface area contributed by atoms with Gasteiger partial charge in [0.2, 0.25) is 11.8 Å². The maximum absolute atomic E-state index is 12.3. The zero-order valence-corrected chi connectivity index (χ0v) is 15.5. The molecule has 2 aliphatic rings. The third-order valence-electron chi connectivity index (χ3n) is 5.01. The van der Waals surface area contributed by atoms with Crippen LogP contribution in [0.15, 0.2) is 0 Å². The van der Waals surface area contributed by atoms with E-state index < -0.39 is 0 Å². The van der Waals surface area contributed by atoms with Crippen molar-refractivity contribution in [2.24, 2.45) is 0 Å². The zero-order valence-electron chi connectivity index (χ0n) is 14.6. The van der Waals surface area contributed by atoms with E-state index in [0.29, 0.717) is 18.5 Å². The van der Waals surface area contributed by atoms with Gasteiger partial charge in [-0.25, -0.2) is 0 Å². The van der Waals surface area contributed by atoms with Crippen molar-refractivity contribution in [2.45, 2.75) is 39.0 Å². The van der Waals surface area contributed by atoms with Crippen molar-refractivity contribution in [2.75, 3.05) is 38.0 Å². The molecule has 25 heavy (non-hydrogen) atoms. The number of amides is 2. The first-order valence-corrected chi connectivity index (χ1v) is 9.72. The minimum absolute atomic E-state index is 0.0379. The van der Waals surface area contributed by atoms with Gasteiger partial charge in [0.1, 0.15) is 11.1 Å². The highest BCUT2D eigenvalue weighted by atomic mass is 32.1. The van der Waals surface area contributed by atoms with Crippen molar-refractivity contribution in [1.29, 1.82) is 5.26 Å². The molecule has 1 N–H and O–H groups in total. The quantitative estimate of drug-likeness (QED) is 0.891. The highest BCUT2D eigenvalue weighted by Gasteiger charge is 2.22. The number of nitrogens with zero attached hydrogens (tertiary/aromatic N) is 3. The van der Waals surface area contributed by atoms with Gasteiger partial charge in [-0.15, -0.1) is 11.3 Å². The molecule has 134 valence electrons. The maximum atomic E-state index is 12.3. The number of carbonyl (C=O) groups excluding carboxylic acids is 2. The molecule has 6 nitrogen and oxygen atoms in total. The van der Waals surface area contributed by atoms with Crippen molar-refractivity contribution >= 4 is 28.2 Å². The van der Waals surface area contributed by atoms with Gasteiger partial charge in [-0.3, -0.25) is 14.5 Å². The van der Waals surface area contributed by atoms with Gasteiger partial charge in [0.05, 0.1) is 5.56 Å². The molecule has 1 fully saturated rings. The third kappa shape index (κ3) is 4.20. The van der Waals surface area contributed by atoms with Gasteiger partial charge in [-0.05, 0) is 31.2 Å². The molecule has 3 rings (SSSR count). The molecule has 0 radical (unpaired) electrons. The Morgan fingerprint density at radius 3 is 2.60 bits per heavy atom. The zero-order chi connectivity index (χ0) is 17.8. The van der Waals surface area contributed by atoms with E-state index in [1.165, 1.54) is 4.88 Å². The van der Waals surface area contributed by atoms with E-state index in [2.05, 4.69) is 16.3 Å². The molecule has 1 aliphatic carbocycles. The van der Waals surface area contributed by atoms with Gasteiger partial charge in [0, 0.05) is 50.9 Å². The van der Waals surface area contributed by atoms with Crippen LogP contribution in [0.4, 0.5) is 5.00 Å². The first-order chi connectivity index (χ1) is 12.1. The Kier molecular flexibility index (Phi) is 5.71. The molecule has 0 spiro atoms. The minimum atomic E-state index is -0.0379. The van der Waals surface area contributed by atoms with Crippen LogP contribution in [-0.4, -0.2) is 54.3 Å². The van der Waals surface area contributed by atoms with Crippen LogP contribution in [0.25, 0.3) is 0 Å². The van der Waals surface area contributed by atoms with Crippen LogP contribution < -0.4 is 5.32 Å². The van der Waals surface area contributed by atoms with E-state index in [0.717, 1.165) is 62.4 Å². The number of rotatable bonds is 4. The number of aryl methyl sites for hydroxylation is 1. The normalized spacial score (nSPS) is 17.7. The van der Waals surface area contributed by atoms with Crippen molar-refractivity contribution in [3.8, 4) is 6.07 Å². The van der Waals surface area contributed by atoms with Crippen LogP contribution in [0.3, 0.4) is 0 Å². The number of nitrogens with one attached hydrogen (secondary N) is 1. The van der Waals surface area contributed by atoms with Crippen molar-refractivity contribution in [3.05, 3.63) is 16.0 Å². The van der Waals surface area contributed by atoms with Crippen LogP contribution >= 0.6 is 11.3 Å². The van der Waals surface area contributed by atoms with E-state index in [1.54, 1.807) is 18.3 Å². The fourth-order valence-corrected chi connectivity index (χ4v) is 4.76. The molecule has 2 amide bonds. The second-order valence-electron chi connectivity index (χ2n) is 6.67. The third-order valence-corrected chi connectivity index (χ3v) is 6.22. The molecule has 2 heterocycles. The molecule has 1 aliphatic heterocycles. The Bertz CT molecular complexity index is 699. The number of fused-ring (bicyclic) bond motifs is 1. The molecule has 7 heteroatoms. The highest BCUT2D eigenvalue weighted by Crippen LogP contribution is 2.37. The lowest BCUT2D eigenvalue weighted by Crippen LogP contribution is -2.48. The summed E-state index contributed by atoms with van der Waals surface area (Å²) in [5.41, 5.74) is 1.82. The molecule has 1 aromatic heterocycles. The van der Waals surface area contributed by atoms with E-state index in [4.69, 9.17) is 0 Å². The van der Waals surface area contributed by atoms with Crippen molar-refractivity contribution in [1.82, 2.24) is 9.80 Å². The van der Waals surface area contributed by atoms with Gasteiger partial charge >= 0.3 is 0 Å². The number of piperazine rings is 1. The van der Waals surface area contributed by atoms with Crippen LogP contribution in [0.2, 0.25) is 0 Å². The van der Waals surface area contributed by atoms with E-state index in [1.807, 2.05) is 4.90 Å². The topological polar surface area (TPSA) is 76.4 Å². The Hall–Kier alpha value is -1.91. The summed E-state index contributed by atoms with van der Waals surface area (Å²) >= 11 is 1.57. The minimum Gasteiger partial charge on any atom is -0.340 e. The summed E-state index contributed by atoms with van der Waals surface area (Å²) < 4.78 is 0. The number of hydrogen-bond donors (Lipinski definition) is 1. The summed E-state index contributed by atoms with van der Waals surface area (Å²) in [6.07, 6.45) is 4.67. The highest BCUT2D eigenvalue weighted by molar-refractivity contribution is 7.16. The molecular formula is C18H24N4O2S. The Labute approximate surface area is 152 Å². The summed E-state index contributed by atoms with van der Waals surface area (Å²) in [6, 6.07) is 2.28. The number of carbonyl (C=O) groups is 2. The van der Waals surface area contributed by atoms with Crippen molar-refractivity contribution < 1.29 is 9.59 Å². The Morgan fingerprint density at radius 2 is 1.92 bits per heavy atom. The largest absolute Gasteiger partial charge is 0.340 e. The lowest BCUT2D eigenvalue weighted by atomic mass is 9.96. The second kappa shape index (κ2) is 7.98. The van der Waals surface area contributed by atoms with Crippen LogP contribution in [-0.2, 0) is 22.4 Å². The Balaban J connectivity index is 1.51. The van der Waals surface area contributed by atoms with E-state index >= 15 is 0 Å². The first-order valence-electron chi connectivity index (χ1n) is 8.91. The molecule has 0 unspecified atom stereocenters. The van der Waals surface area contributed by atoms with Crippen LogP contribution in [0, 0.1) is 11.3 Å². The standard InChI is InChI=1S/C18H24N4O2S/c1-13(23)22-10-8-21(9-11-22)7-6-17(24)20-18-15(12-19)14-4-2-3-5-16(14)25-18/h2-11H2,1H3,(H,20,24). The smallest absolute Gasteiger partial charge is 0.226 e. The Morgan fingerprint density at radius 1 is 1.20 bits per heavy atom. The summed E-state index contributed by atoms with van der Waals surface area (Å²) in [4.78, 5) is 29.0. The average Bonchev–Trinajstić information content (AvgIpc) is 2.97. The number of hydrogen-bond acceptors (Lipinski definition) is 5. The second-order valence-corrected chi connectivity index (χ2v) is 7.78. The van der Waals surface area contributed by atoms with Gasteiger partial charge in [-0.1, -0.05) is 0 Å². The number of nitriles is 1. The molecule has 1 aromatic rings. The van der Waals surface area contributed by atoms with Gasteiger partial charge in [0.25, 0.3) is 0 Å². The molecule has 0 bridgehead atoms. The maximum Gasteiger partial charge on any atom is 0.226 e. The van der Waals surface area contributed by atoms with E-state index in [9.17, 15) is 14.9 Å². The van der Waals surface area contributed by atoms with Crippen LogP contribution in [0.1, 0.15) is 42.2 Å². The lowest BCUT2D eigenvalue weighted by molar-refractivity contribution is -0.130. The summed E-state index contributed by atoms with van der Waals surface area (Å²) in [5, 5.41) is 13.1. The summed E-state index contributed by atoms with van der Waals surface area (Å²) in [7, 11) is 0. The fourth-order valence-electron chi connectivity index (χ4n) is 3.51. The SMILES string of the molecule is CC(=O)N1CCN(CCC(=O)Nc2sc3c(c2C#N)CCCC3)CC1. The average molecular weight is 360 g/mol. The number of thiophene rings is 1. The van der Waals surface area contributed by atoms with Gasteiger partial charge < -0.3 is 10.2 Å². The monoisotopic (exact) mass is 360 g/mol. The lowest BCUT2D eigenvalue weighted by Gasteiger charge is -2.33. The molecule has 1 saturated heterocycles. The van der Waals surface area contributed by atoms with Crippen molar-refractivity contribution in [3.63, 3.8) is 0 Å².